The number of hydrogen-bond acceptors (Lipinski definition) is 3. The molecule has 0 saturated heterocycles. The van der Waals surface area contributed by atoms with Crippen molar-refractivity contribution in [3.05, 3.63) is 35.4 Å². The number of amides is 2. The molecule has 136 valence electrons. The zero-order valence-corrected chi connectivity index (χ0v) is 15.9. The summed E-state index contributed by atoms with van der Waals surface area (Å²) in [6.07, 6.45) is 0.872. The second kappa shape index (κ2) is 11.0. The highest BCUT2D eigenvalue weighted by Crippen LogP contribution is 2.09. The average molecular weight is 356 g/mol. The first-order chi connectivity index (χ1) is 10.9. The van der Waals surface area contributed by atoms with Crippen LogP contribution in [0.3, 0.4) is 0 Å². The lowest BCUT2D eigenvalue weighted by Gasteiger charge is -2.19. The van der Waals surface area contributed by atoms with Crippen LogP contribution in [0.25, 0.3) is 0 Å². The highest BCUT2D eigenvalue weighted by molar-refractivity contribution is 5.94. The Morgan fingerprint density at radius 1 is 1.12 bits per heavy atom. The summed E-state index contributed by atoms with van der Waals surface area (Å²) in [6, 6.07) is 6.86. The smallest absolute Gasteiger partial charge is 0.253 e. The predicted octanol–water partition coefficient (Wildman–Crippen LogP) is 2.58. The molecule has 0 aliphatic carbocycles. The van der Waals surface area contributed by atoms with Gasteiger partial charge in [0.2, 0.25) is 5.91 Å². The number of halogens is 1. The van der Waals surface area contributed by atoms with Crippen molar-refractivity contribution >= 4 is 24.2 Å². The minimum atomic E-state index is -0.483. The third kappa shape index (κ3) is 6.13. The van der Waals surface area contributed by atoms with E-state index >= 15 is 0 Å². The molecule has 0 bridgehead atoms. The van der Waals surface area contributed by atoms with Gasteiger partial charge in [0.1, 0.15) is 0 Å². The molecule has 2 atom stereocenters. The number of hydrogen-bond donors (Lipinski definition) is 2. The number of nitrogens with zero attached hydrogens (tertiary/aromatic N) is 1. The van der Waals surface area contributed by atoms with E-state index in [1.165, 1.54) is 0 Å². The molecule has 1 aromatic carbocycles. The molecule has 0 aromatic heterocycles. The van der Waals surface area contributed by atoms with Crippen LogP contribution in [0.4, 0.5) is 0 Å². The number of nitrogens with one attached hydrogen (secondary N) is 1. The lowest BCUT2D eigenvalue weighted by atomic mass is 9.99. The summed E-state index contributed by atoms with van der Waals surface area (Å²) in [5.41, 5.74) is 7.52. The van der Waals surface area contributed by atoms with E-state index in [1.54, 1.807) is 17.0 Å². The first kappa shape index (κ1) is 22.4. The first-order valence-corrected chi connectivity index (χ1v) is 8.36. The standard InChI is InChI=1S/C18H29N3O2.ClH/c1-5-13(4)16(19)17(22)20-12-14-8-10-15(11-9-14)18(23)21(6-2)7-3;/h8-11,13,16H,5-7,12,19H2,1-4H3,(H,20,22);1H. The van der Waals surface area contributed by atoms with Gasteiger partial charge in [0.25, 0.3) is 5.91 Å². The van der Waals surface area contributed by atoms with E-state index in [2.05, 4.69) is 5.32 Å². The molecule has 3 N–H and O–H groups in total. The maximum atomic E-state index is 12.2. The van der Waals surface area contributed by atoms with Crippen molar-refractivity contribution in [1.29, 1.82) is 0 Å². The number of nitrogens with two attached hydrogens (primary N) is 1. The molecule has 5 nitrogen and oxygen atoms in total. The van der Waals surface area contributed by atoms with Crippen LogP contribution in [0.5, 0.6) is 0 Å². The second-order valence-corrected chi connectivity index (χ2v) is 5.80. The van der Waals surface area contributed by atoms with Crippen LogP contribution in [-0.4, -0.2) is 35.8 Å². The van der Waals surface area contributed by atoms with Gasteiger partial charge >= 0.3 is 0 Å². The quantitative estimate of drug-likeness (QED) is 0.752. The van der Waals surface area contributed by atoms with Crippen LogP contribution in [0.15, 0.2) is 24.3 Å². The van der Waals surface area contributed by atoms with E-state index in [4.69, 9.17) is 5.73 Å². The van der Waals surface area contributed by atoms with Gasteiger partial charge in [0, 0.05) is 25.2 Å². The van der Waals surface area contributed by atoms with E-state index < -0.39 is 6.04 Å². The summed E-state index contributed by atoms with van der Waals surface area (Å²) < 4.78 is 0. The SMILES string of the molecule is CCC(C)C(N)C(=O)NCc1ccc(C(=O)N(CC)CC)cc1.Cl. The molecule has 2 unspecified atom stereocenters. The van der Waals surface area contributed by atoms with E-state index in [1.807, 2.05) is 39.8 Å². The lowest BCUT2D eigenvalue weighted by molar-refractivity contribution is -0.123. The van der Waals surface area contributed by atoms with Gasteiger partial charge in [-0.25, -0.2) is 0 Å². The molecule has 2 amide bonds. The van der Waals surface area contributed by atoms with Gasteiger partial charge in [0.15, 0.2) is 0 Å². The molecule has 1 rings (SSSR count). The summed E-state index contributed by atoms with van der Waals surface area (Å²) in [5, 5.41) is 2.85. The Balaban J connectivity index is 0.00000529. The fourth-order valence-electron chi connectivity index (χ4n) is 2.28. The molecule has 0 spiro atoms. The molecule has 6 heteroatoms. The number of benzene rings is 1. The molecule has 0 fully saturated rings. The van der Waals surface area contributed by atoms with Crippen LogP contribution in [-0.2, 0) is 11.3 Å². The lowest BCUT2D eigenvalue weighted by Crippen LogP contribution is -2.44. The van der Waals surface area contributed by atoms with Crippen LogP contribution in [0, 0.1) is 5.92 Å². The topological polar surface area (TPSA) is 75.4 Å². The van der Waals surface area contributed by atoms with Gasteiger partial charge in [-0.2, -0.15) is 0 Å². The Morgan fingerprint density at radius 3 is 2.12 bits per heavy atom. The summed E-state index contributed by atoms with van der Waals surface area (Å²) in [5.74, 6) is 0.0519. The second-order valence-electron chi connectivity index (χ2n) is 5.80. The molecule has 0 saturated carbocycles. The van der Waals surface area contributed by atoms with Gasteiger partial charge in [-0.15, -0.1) is 12.4 Å². The van der Waals surface area contributed by atoms with Crippen LogP contribution < -0.4 is 11.1 Å². The third-order valence-electron chi connectivity index (χ3n) is 4.28. The fraction of sp³-hybridized carbons (Fsp3) is 0.556. The van der Waals surface area contributed by atoms with Crippen molar-refractivity contribution in [2.45, 2.75) is 46.7 Å². The highest BCUT2D eigenvalue weighted by atomic mass is 35.5. The average Bonchev–Trinajstić information content (AvgIpc) is 2.59. The number of carbonyl (C=O) groups excluding carboxylic acids is 2. The number of rotatable bonds is 8. The normalized spacial score (nSPS) is 12.7. The van der Waals surface area contributed by atoms with Gasteiger partial charge in [-0.05, 0) is 37.5 Å². The maximum absolute atomic E-state index is 12.2. The fourth-order valence-corrected chi connectivity index (χ4v) is 2.28. The minimum Gasteiger partial charge on any atom is -0.351 e. The predicted molar refractivity (Wildman–Crippen MR) is 100 cm³/mol. The van der Waals surface area contributed by atoms with E-state index in [-0.39, 0.29) is 30.1 Å². The van der Waals surface area contributed by atoms with Crippen molar-refractivity contribution in [2.24, 2.45) is 11.7 Å². The monoisotopic (exact) mass is 355 g/mol. The van der Waals surface area contributed by atoms with E-state index in [0.29, 0.717) is 25.2 Å². The Hall–Kier alpha value is -1.59. The summed E-state index contributed by atoms with van der Waals surface area (Å²) >= 11 is 0. The third-order valence-corrected chi connectivity index (χ3v) is 4.28. The van der Waals surface area contributed by atoms with E-state index in [0.717, 1.165) is 12.0 Å². The van der Waals surface area contributed by atoms with Crippen LogP contribution in [0.1, 0.15) is 50.0 Å². The maximum Gasteiger partial charge on any atom is 0.253 e. The molecule has 0 heterocycles. The Labute approximate surface area is 151 Å². The number of carbonyl (C=O) groups is 2. The van der Waals surface area contributed by atoms with Crippen molar-refractivity contribution in [3.8, 4) is 0 Å². The van der Waals surface area contributed by atoms with Gasteiger partial charge < -0.3 is 16.0 Å². The van der Waals surface area contributed by atoms with Crippen molar-refractivity contribution < 1.29 is 9.59 Å². The first-order valence-electron chi connectivity index (χ1n) is 8.36. The zero-order chi connectivity index (χ0) is 17.4. The summed E-state index contributed by atoms with van der Waals surface area (Å²) in [6.45, 7) is 9.73. The molecule has 0 radical (unpaired) electrons. The Morgan fingerprint density at radius 2 is 1.67 bits per heavy atom. The molecule has 24 heavy (non-hydrogen) atoms. The molecule has 0 aliphatic heterocycles. The van der Waals surface area contributed by atoms with Crippen molar-refractivity contribution in [3.63, 3.8) is 0 Å². The molecule has 0 aliphatic rings. The van der Waals surface area contributed by atoms with Gasteiger partial charge in [0.05, 0.1) is 6.04 Å². The van der Waals surface area contributed by atoms with E-state index in [9.17, 15) is 9.59 Å². The zero-order valence-electron chi connectivity index (χ0n) is 15.0. The van der Waals surface area contributed by atoms with Crippen molar-refractivity contribution in [2.75, 3.05) is 13.1 Å². The Kier molecular flexibility index (Phi) is 10.3. The summed E-state index contributed by atoms with van der Waals surface area (Å²) in [4.78, 5) is 26.0. The van der Waals surface area contributed by atoms with Crippen LogP contribution >= 0.6 is 12.4 Å². The van der Waals surface area contributed by atoms with Crippen LogP contribution in [0.2, 0.25) is 0 Å². The Bertz CT molecular complexity index is 516. The molecular formula is C18H30ClN3O2. The van der Waals surface area contributed by atoms with Gasteiger partial charge in [-0.1, -0.05) is 32.4 Å². The highest BCUT2D eigenvalue weighted by Gasteiger charge is 2.19. The largest absolute Gasteiger partial charge is 0.351 e. The summed E-state index contributed by atoms with van der Waals surface area (Å²) in [7, 11) is 0. The molecule has 1 aromatic rings. The minimum absolute atomic E-state index is 0. The van der Waals surface area contributed by atoms with Gasteiger partial charge in [-0.3, -0.25) is 9.59 Å². The van der Waals surface area contributed by atoms with Crippen molar-refractivity contribution in [1.82, 2.24) is 10.2 Å². The molecular weight excluding hydrogens is 326 g/mol.